The summed E-state index contributed by atoms with van der Waals surface area (Å²) in [7, 11) is 1.81. The van der Waals surface area contributed by atoms with Gasteiger partial charge in [0.2, 0.25) is 0 Å². The molecule has 1 rings (SSSR count). The molecule has 1 unspecified atom stereocenters. The molecule has 0 saturated carbocycles. The van der Waals surface area contributed by atoms with Crippen LogP contribution in [0.3, 0.4) is 0 Å². The molecule has 0 radical (unpaired) electrons. The number of rotatable bonds is 7. The third-order valence-corrected chi connectivity index (χ3v) is 4.15. The van der Waals surface area contributed by atoms with Gasteiger partial charge in [-0.15, -0.1) is 0 Å². The Morgan fingerprint density at radius 3 is 2.56 bits per heavy atom. The van der Waals surface area contributed by atoms with E-state index < -0.39 is 0 Å². The van der Waals surface area contributed by atoms with Crippen LogP contribution in [0, 0.1) is 0 Å². The molecule has 3 nitrogen and oxygen atoms in total. The maximum Gasteiger partial charge on any atom is 0.0634 e. The first-order valence-electron chi connectivity index (χ1n) is 7.47. The molecule has 1 atom stereocenters. The third-order valence-electron chi connectivity index (χ3n) is 4.15. The molecule has 0 aliphatic carbocycles. The number of hydrogen-bond acceptors (Lipinski definition) is 3. The fourth-order valence-electron chi connectivity index (χ4n) is 2.44. The number of piperidine rings is 1. The van der Waals surface area contributed by atoms with E-state index in [4.69, 9.17) is 4.74 Å². The number of nitrogens with zero attached hydrogens (tertiary/aromatic N) is 1. The molecule has 1 fully saturated rings. The lowest BCUT2D eigenvalue weighted by atomic mass is 10.0. The summed E-state index contributed by atoms with van der Waals surface area (Å²) in [4.78, 5) is 2.59. The summed E-state index contributed by atoms with van der Waals surface area (Å²) in [5.74, 6) is 0. The van der Waals surface area contributed by atoms with E-state index in [0.29, 0.717) is 12.1 Å². The van der Waals surface area contributed by atoms with Gasteiger partial charge in [-0.3, -0.25) is 4.90 Å². The van der Waals surface area contributed by atoms with Crippen LogP contribution in [-0.4, -0.2) is 49.3 Å². The van der Waals surface area contributed by atoms with Crippen LogP contribution >= 0.6 is 0 Å². The van der Waals surface area contributed by atoms with Crippen molar-refractivity contribution in [2.24, 2.45) is 0 Å². The molecule has 0 spiro atoms. The molecule has 1 aliphatic rings. The van der Waals surface area contributed by atoms with Gasteiger partial charge in [-0.1, -0.05) is 6.42 Å². The summed E-state index contributed by atoms with van der Waals surface area (Å²) < 4.78 is 5.52. The van der Waals surface area contributed by atoms with Crippen LogP contribution in [0.5, 0.6) is 0 Å². The number of ether oxygens (including phenoxy) is 1. The van der Waals surface area contributed by atoms with Crippen molar-refractivity contribution in [1.29, 1.82) is 0 Å². The highest BCUT2D eigenvalue weighted by molar-refractivity contribution is 4.79. The second-order valence-electron chi connectivity index (χ2n) is 6.45. The van der Waals surface area contributed by atoms with Crippen molar-refractivity contribution in [2.75, 3.05) is 26.7 Å². The van der Waals surface area contributed by atoms with Gasteiger partial charge in [-0.25, -0.2) is 0 Å². The van der Waals surface area contributed by atoms with Crippen LogP contribution in [0.2, 0.25) is 0 Å². The van der Waals surface area contributed by atoms with Gasteiger partial charge < -0.3 is 10.1 Å². The predicted molar refractivity (Wildman–Crippen MR) is 78.1 cm³/mol. The fourth-order valence-corrected chi connectivity index (χ4v) is 2.44. The van der Waals surface area contributed by atoms with Crippen LogP contribution in [0.1, 0.15) is 53.4 Å². The van der Waals surface area contributed by atoms with Gasteiger partial charge >= 0.3 is 0 Å². The SMILES string of the molecule is COC(C)(C)CCN(CC1CCCCN1)C(C)C. The smallest absolute Gasteiger partial charge is 0.0634 e. The summed E-state index contributed by atoms with van der Waals surface area (Å²) in [5, 5.41) is 3.64. The molecule has 18 heavy (non-hydrogen) atoms. The minimum Gasteiger partial charge on any atom is -0.379 e. The monoisotopic (exact) mass is 256 g/mol. The first kappa shape index (κ1) is 15.9. The van der Waals surface area contributed by atoms with Crippen LogP contribution in [-0.2, 0) is 4.74 Å². The molecule has 0 aromatic heterocycles. The molecule has 1 aliphatic heterocycles. The highest BCUT2D eigenvalue weighted by Gasteiger charge is 2.22. The lowest BCUT2D eigenvalue weighted by Gasteiger charge is -2.35. The molecular weight excluding hydrogens is 224 g/mol. The van der Waals surface area contributed by atoms with Crippen molar-refractivity contribution in [2.45, 2.75) is 71.1 Å². The third kappa shape index (κ3) is 5.68. The second kappa shape index (κ2) is 7.46. The Morgan fingerprint density at radius 1 is 1.33 bits per heavy atom. The Kier molecular flexibility index (Phi) is 6.61. The minimum absolute atomic E-state index is 0.00681. The number of hydrogen-bond donors (Lipinski definition) is 1. The highest BCUT2D eigenvalue weighted by atomic mass is 16.5. The van der Waals surface area contributed by atoms with Gasteiger partial charge in [-0.2, -0.15) is 0 Å². The minimum atomic E-state index is -0.00681. The summed E-state index contributed by atoms with van der Waals surface area (Å²) >= 11 is 0. The van der Waals surface area contributed by atoms with Crippen molar-refractivity contribution in [1.82, 2.24) is 10.2 Å². The average Bonchev–Trinajstić information content (AvgIpc) is 2.35. The Balaban J connectivity index is 2.39. The van der Waals surface area contributed by atoms with E-state index in [0.717, 1.165) is 13.0 Å². The van der Waals surface area contributed by atoms with Crippen molar-refractivity contribution in [3.05, 3.63) is 0 Å². The lowest BCUT2D eigenvalue weighted by Crippen LogP contribution is -2.47. The zero-order chi connectivity index (χ0) is 13.6. The van der Waals surface area contributed by atoms with E-state index in [1.54, 1.807) is 0 Å². The summed E-state index contributed by atoms with van der Waals surface area (Å²) in [6.07, 6.45) is 5.15. The normalized spacial score (nSPS) is 21.8. The Hall–Kier alpha value is -0.120. The molecule has 108 valence electrons. The van der Waals surface area contributed by atoms with E-state index in [2.05, 4.69) is 37.9 Å². The standard InChI is InChI=1S/C15H32N2O/c1-13(2)17(11-9-15(3,4)18-5)12-14-8-6-7-10-16-14/h13-14,16H,6-12H2,1-5H3. The molecule has 0 amide bonds. The lowest BCUT2D eigenvalue weighted by molar-refractivity contribution is 0.00396. The highest BCUT2D eigenvalue weighted by Crippen LogP contribution is 2.16. The predicted octanol–water partition coefficient (Wildman–Crippen LogP) is 2.65. The maximum atomic E-state index is 5.52. The van der Waals surface area contributed by atoms with Gasteiger partial charge in [0, 0.05) is 32.3 Å². The van der Waals surface area contributed by atoms with Crippen molar-refractivity contribution >= 4 is 0 Å². The molecular formula is C15H32N2O. The van der Waals surface area contributed by atoms with Crippen LogP contribution < -0.4 is 5.32 Å². The fraction of sp³-hybridized carbons (Fsp3) is 1.00. The molecule has 0 aromatic rings. The first-order valence-corrected chi connectivity index (χ1v) is 7.47. The van der Waals surface area contributed by atoms with Crippen molar-refractivity contribution < 1.29 is 4.74 Å². The number of nitrogens with one attached hydrogen (secondary N) is 1. The summed E-state index contributed by atoms with van der Waals surface area (Å²) in [5.41, 5.74) is -0.00681. The largest absolute Gasteiger partial charge is 0.379 e. The maximum absolute atomic E-state index is 5.52. The van der Waals surface area contributed by atoms with Crippen molar-refractivity contribution in [3.63, 3.8) is 0 Å². The molecule has 1 saturated heterocycles. The zero-order valence-electron chi connectivity index (χ0n) is 13.0. The average molecular weight is 256 g/mol. The van der Waals surface area contributed by atoms with Crippen LogP contribution in [0.25, 0.3) is 0 Å². The summed E-state index contributed by atoms with van der Waals surface area (Å²) in [6, 6.07) is 1.30. The first-order chi connectivity index (χ1) is 8.44. The Labute approximate surface area is 113 Å². The van der Waals surface area contributed by atoms with Gasteiger partial charge in [0.25, 0.3) is 0 Å². The molecule has 0 aromatic carbocycles. The van der Waals surface area contributed by atoms with Crippen LogP contribution in [0.4, 0.5) is 0 Å². The van der Waals surface area contributed by atoms with Gasteiger partial charge in [0.15, 0.2) is 0 Å². The van der Waals surface area contributed by atoms with E-state index in [9.17, 15) is 0 Å². The number of methoxy groups -OCH3 is 1. The van der Waals surface area contributed by atoms with E-state index in [-0.39, 0.29) is 5.60 Å². The van der Waals surface area contributed by atoms with Crippen LogP contribution in [0.15, 0.2) is 0 Å². The molecule has 0 bridgehead atoms. The van der Waals surface area contributed by atoms with E-state index in [1.807, 2.05) is 7.11 Å². The van der Waals surface area contributed by atoms with Gasteiger partial charge in [-0.05, 0) is 53.5 Å². The Bertz CT molecular complexity index is 223. The van der Waals surface area contributed by atoms with E-state index in [1.165, 1.54) is 32.4 Å². The quantitative estimate of drug-likeness (QED) is 0.758. The molecule has 1 heterocycles. The second-order valence-corrected chi connectivity index (χ2v) is 6.45. The molecule has 3 heteroatoms. The van der Waals surface area contributed by atoms with Gasteiger partial charge in [0.05, 0.1) is 5.60 Å². The topological polar surface area (TPSA) is 24.5 Å². The zero-order valence-corrected chi connectivity index (χ0v) is 13.0. The summed E-state index contributed by atoms with van der Waals surface area (Å²) in [6.45, 7) is 12.4. The van der Waals surface area contributed by atoms with Crippen molar-refractivity contribution in [3.8, 4) is 0 Å². The van der Waals surface area contributed by atoms with Gasteiger partial charge in [0.1, 0.15) is 0 Å². The molecule has 1 N–H and O–H groups in total. The Morgan fingerprint density at radius 2 is 2.06 bits per heavy atom. The van der Waals surface area contributed by atoms with E-state index >= 15 is 0 Å².